The number of amidine groups is 1. The summed E-state index contributed by atoms with van der Waals surface area (Å²) >= 11 is 0.829. The van der Waals surface area contributed by atoms with Crippen LogP contribution < -0.4 is 5.46 Å². The van der Waals surface area contributed by atoms with E-state index < -0.39 is 11.1 Å². The number of rotatable bonds is 6. The average Bonchev–Trinajstić information content (AvgIpc) is 3.16. The van der Waals surface area contributed by atoms with E-state index in [0.717, 1.165) is 11.6 Å². The second-order valence-corrected chi connectivity index (χ2v) is 8.22. The number of azo groups is 1. The van der Waals surface area contributed by atoms with Crippen LogP contribution in [0, 0.1) is 15.5 Å². The molecule has 0 aliphatic heterocycles. The maximum Gasteiger partial charge on any atom is 0.402 e. The van der Waals surface area contributed by atoms with Gasteiger partial charge in [-0.15, -0.1) is 10.2 Å². The van der Waals surface area contributed by atoms with E-state index in [4.69, 9.17) is 5.41 Å². The standard InChI is InChI=1S/C23H18BN5O4S/c25-23(34-24(31)16-9-5-2-6-10-16)28-27-21(15-7-3-1-4-8-15)14-19-18-13-17(29(32)33)11-12-20(18)26-22(19)30/h1-14,25-26,30-31H/b21-14+,25-23?,28-27?. The van der Waals surface area contributed by atoms with Gasteiger partial charge in [-0.2, -0.15) is 0 Å². The number of benzene rings is 3. The van der Waals surface area contributed by atoms with E-state index in [-0.39, 0.29) is 16.7 Å². The number of hydrogen-bond acceptors (Lipinski definition) is 7. The molecule has 9 nitrogen and oxygen atoms in total. The van der Waals surface area contributed by atoms with Crippen molar-refractivity contribution in [2.45, 2.75) is 0 Å². The van der Waals surface area contributed by atoms with Crippen molar-refractivity contribution in [3.05, 3.63) is 100 Å². The molecule has 34 heavy (non-hydrogen) atoms. The average molecular weight is 471 g/mol. The predicted molar refractivity (Wildman–Crippen MR) is 135 cm³/mol. The molecule has 0 spiro atoms. The Bertz CT molecular complexity index is 1410. The molecule has 0 bridgehead atoms. The van der Waals surface area contributed by atoms with Crippen molar-refractivity contribution in [2.24, 2.45) is 10.2 Å². The first-order chi connectivity index (χ1) is 16.4. The molecule has 168 valence electrons. The molecule has 0 unspecified atom stereocenters. The summed E-state index contributed by atoms with van der Waals surface area (Å²) in [7, 11) is 0. The molecule has 4 aromatic rings. The van der Waals surface area contributed by atoms with E-state index in [9.17, 15) is 20.2 Å². The third kappa shape index (κ3) is 5.22. The van der Waals surface area contributed by atoms with Gasteiger partial charge < -0.3 is 15.1 Å². The largest absolute Gasteiger partial charge is 0.494 e. The van der Waals surface area contributed by atoms with Gasteiger partial charge in [0.25, 0.3) is 5.69 Å². The molecular formula is C23H18BN5O4S. The van der Waals surface area contributed by atoms with E-state index in [2.05, 4.69) is 15.2 Å². The Labute approximate surface area is 198 Å². The number of H-pyrrole nitrogens is 1. The lowest BCUT2D eigenvalue weighted by molar-refractivity contribution is -0.384. The van der Waals surface area contributed by atoms with Crippen molar-refractivity contribution in [3.63, 3.8) is 0 Å². The van der Waals surface area contributed by atoms with Crippen molar-refractivity contribution >= 4 is 56.8 Å². The Kier molecular flexibility index (Phi) is 6.86. The summed E-state index contributed by atoms with van der Waals surface area (Å²) < 4.78 is 0. The van der Waals surface area contributed by atoms with Gasteiger partial charge in [-0.25, -0.2) is 0 Å². The number of aromatic hydroxyl groups is 1. The van der Waals surface area contributed by atoms with Crippen LogP contribution in [-0.2, 0) is 0 Å². The summed E-state index contributed by atoms with van der Waals surface area (Å²) in [5, 5.41) is 48.5. The lowest BCUT2D eigenvalue weighted by atomic mass is 9.87. The van der Waals surface area contributed by atoms with Gasteiger partial charge in [0.1, 0.15) is 0 Å². The van der Waals surface area contributed by atoms with Crippen LogP contribution in [-0.4, -0.2) is 31.4 Å². The zero-order chi connectivity index (χ0) is 24.1. The fourth-order valence-corrected chi connectivity index (χ4v) is 3.87. The van der Waals surface area contributed by atoms with Crippen LogP contribution in [0.2, 0.25) is 0 Å². The number of nitro benzene ring substituents is 1. The fourth-order valence-electron chi connectivity index (χ4n) is 3.28. The minimum absolute atomic E-state index is 0.114. The Morgan fingerprint density at radius 1 is 1.06 bits per heavy atom. The molecule has 11 heteroatoms. The van der Waals surface area contributed by atoms with Crippen molar-refractivity contribution < 1.29 is 15.1 Å². The monoisotopic (exact) mass is 471 g/mol. The fraction of sp³-hybridized carbons (Fsp3) is 0. The highest BCUT2D eigenvalue weighted by Crippen LogP contribution is 2.34. The van der Waals surface area contributed by atoms with Crippen LogP contribution in [0.25, 0.3) is 22.7 Å². The van der Waals surface area contributed by atoms with Crippen molar-refractivity contribution in [1.82, 2.24) is 4.98 Å². The SMILES string of the molecule is N=C(N=N/C(=C/c1c(O)[nH]c2ccc([N+](=O)[O-])cc12)c1ccccc1)SB(O)c1ccccc1. The number of fused-ring (bicyclic) bond motifs is 1. The molecule has 0 radical (unpaired) electrons. The number of nitro groups is 1. The van der Waals surface area contributed by atoms with Crippen LogP contribution in [0.3, 0.4) is 0 Å². The van der Waals surface area contributed by atoms with Crippen molar-refractivity contribution in [1.29, 1.82) is 5.41 Å². The molecular weight excluding hydrogens is 453 g/mol. The number of non-ortho nitro benzene ring substituents is 1. The number of nitrogens with zero attached hydrogens (tertiary/aromatic N) is 3. The van der Waals surface area contributed by atoms with Crippen LogP contribution in [0.4, 0.5) is 5.69 Å². The number of nitrogens with one attached hydrogen (secondary N) is 2. The first kappa shape index (κ1) is 23.0. The number of aromatic amines is 1. The van der Waals surface area contributed by atoms with E-state index in [1.807, 2.05) is 12.1 Å². The molecule has 0 amide bonds. The highest BCUT2D eigenvalue weighted by atomic mass is 32.2. The van der Waals surface area contributed by atoms with Gasteiger partial charge in [0.05, 0.1) is 10.6 Å². The van der Waals surface area contributed by atoms with Gasteiger partial charge in [0.2, 0.25) is 0 Å². The Morgan fingerprint density at radius 3 is 2.41 bits per heavy atom. The third-order valence-electron chi connectivity index (χ3n) is 4.92. The Hall–Kier alpha value is -4.22. The first-order valence-corrected chi connectivity index (χ1v) is 11.0. The Morgan fingerprint density at radius 2 is 1.74 bits per heavy atom. The highest BCUT2D eigenvalue weighted by Gasteiger charge is 2.18. The van der Waals surface area contributed by atoms with Gasteiger partial charge in [-0.1, -0.05) is 72.3 Å². The summed E-state index contributed by atoms with van der Waals surface area (Å²) in [5.41, 5.74) is 2.33. The van der Waals surface area contributed by atoms with Crippen molar-refractivity contribution in [2.75, 3.05) is 0 Å². The number of hydrogen-bond donors (Lipinski definition) is 4. The zero-order valence-electron chi connectivity index (χ0n) is 17.6. The molecule has 1 aromatic heterocycles. The molecule has 1 heterocycles. The molecule has 0 atom stereocenters. The quantitative estimate of drug-likeness (QED) is 0.0797. The van der Waals surface area contributed by atoms with Gasteiger partial charge in [0.15, 0.2) is 11.0 Å². The van der Waals surface area contributed by atoms with Gasteiger partial charge >= 0.3 is 6.19 Å². The summed E-state index contributed by atoms with van der Waals surface area (Å²) in [6, 6.07) is 22.1. The Balaban J connectivity index is 1.69. The molecule has 3 aromatic carbocycles. The van der Waals surface area contributed by atoms with Crippen LogP contribution >= 0.6 is 11.6 Å². The lowest BCUT2D eigenvalue weighted by Gasteiger charge is -2.05. The lowest BCUT2D eigenvalue weighted by Crippen LogP contribution is -2.27. The molecule has 0 fully saturated rings. The minimum Gasteiger partial charge on any atom is -0.494 e. The smallest absolute Gasteiger partial charge is 0.402 e. The van der Waals surface area contributed by atoms with Crippen LogP contribution in [0.15, 0.2) is 89.1 Å². The summed E-state index contributed by atoms with van der Waals surface area (Å²) in [6.07, 6.45) is 0.567. The highest BCUT2D eigenvalue weighted by molar-refractivity contribution is 8.36. The normalized spacial score (nSPS) is 11.7. The summed E-state index contributed by atoms with van der Waals surface area (Å²) in [4.78, 5) is 13.5. The third-order valence-corrected chi connectivity index (χ3v) is 5.72. The van der Waals surface area contributed by atoms with Gasteiger partial charge in [-0.05, 0) is 17.6 Å². The minimum atomic E-state index is -0.977. The second kappa shape index (κ2) is 10.2. The first-order valence-electron chi connectivity index (χ1n) is 10.1. The molecule has 4 rings (SSSR count). The van der Waals surface area contributed by atoms with E-state index in [0.29, 0.717) is 33.2 Å². The molecule has 0 aliphatic rings. The van der Waals surface area contributed by atoms with Gasteiger partial charge in [0, 0.05) is 34.2 Å². The van der Waals surface area contributed by atoms with E-state index >= 15 is 0 Å². The van der Waals surface area contributed by atoms with Crippen LogP contribution in [0.5, 0.6) is 5.88 Å². The summed E-state index contributed by atoms with van der Waals surface area (Å²) in [5.74, 6) is -0.178. The zero-order valence-corrected chi connectivity index (χ0v) is 18.4. The topological polar surface area (TPSA) is 148 Å². The predicted octanol–water partition coefficient (Wildman–Crippen LogP) is 4.79. The molecule has 0 saturated carbocycles. The van der Waals surface area contributed by atoms with E-state index in [1.54, 1.807) is 54.6 Å². The van der Waals surface area contributed by atoms with Crippen LogP contribution in [0.1, 0.15) is 11.1 Å². The number of aromatic nitrogens is 1. The molecule has 0 saturated heterocycles. The van der Waals surface area contributed by atoms with Crippen molar-refractivity contribution in [3.8, 4) is 5.88 Å². The molecule has 4 N–H and O–H groups in total. The van der Waals surface area contributed by atoms with Gasteiger partial charge in [-0.3, -0.25) is 15.5 Å². The second-order valence-electron chi connectivity index (χ2n) is 7.16. The maximum absolute atomic E-state index is 11.2. The maximum atomic E-state index is 11.2. The molecule has 0 aliphatic carbocycles. The van der Waals surface area contributed by atoms with E-state index in [1.165, 1.54) is 18.2 Å². The summed E-state index contributed by atoms with van der Waals surface area (Å²) in [6.45, 7) is 0.